The van der Waals surface area contributed by atoms with E-state index in [1.165, 1.54) is 47.5 Å². The highest BCUT2D eigenvalue weighted by Crippen LogP contribution is 2.35. The quantitative estimate of drug-likeness (QED) is 0.401. The number of fused-ring (bicyclic) bond motifs is 2. The van der Waals surface area contributed by atoms with Crippen molar-refractivity contribution in [3.63, 3.8) is 0 Å². The molecule has 4 nitrogen and oxygen atoms in total. The number of imidazole rings is 1. The molecule has 1 aromatic heterocycles. The summed E-state index contributed by atoms with van der Waals surface area (Å²) in [6, 6.07) is 25.7. The molecule has 6 rings (SSSR count). The first-order valence-corrected chi connectivity index (χ1v) is 11.6. The molecule has 0 N–H and O–H groups in total. The standard InChI is InChI=1S/C28H27N2O2/c1-3-8-21(9-4-1)22-13-15-23(16-14-22)25-20-30(27-12-5-2-6-17-29(25)27)24-10-7-11-26-28(24)32-19-18-31-26/h1,3-4,7-11,13-16,20H,2,5-6,12,17-19H2/q+1. The molecule has 0 aliphatic carbocycles. The maximum Gasteiger partial charge on any atom is 0.262 e. The third kappa shape index (κ3) is 3.36. The second-order valence-corrected chi connectivity index (χ2v) is 8.51. The van der Waals surface area contributed by atoms with Gasteiger partial charge in [-0.25, -0.2) is 4.57 Å². The Morgan fingerprint density at radius 3 is 2.34 bits per heavy atom. The zero-order valence-electron chi connectivity index (χ0n) is 18.2. The van der Waals surface area contributed by atoms with Crippen molar-refractivity contribution in [3.8, 4) is 39.6 Å². The molecule has 4 aromatic rings. The summed E-state index contributed by atoms with van der Waals surface area (Å²) in [5, 5.41) is 0. The van der Waals surface area contributed by atoms with Crippen LogP contribution in [0.2, 0.25) is 0 Å². The third-order valence-corrected chi connectivity index (χ3v) is 6.51. The van der Waals surface area contributed by atoms with Gasteiger partial charge >= 0.3 is 0 Å². The molecule has 2 aliphatic rings. The Hall–Kier alpha value is -3.53. The number of nitrogens with zero attached hydrogens (tertiary/aromatic N) is 2. The average molecular weight is 424 g/mol. The Kier molecular flexibility index (Phi) is 4.91. The zero-order valence-corrected chi connectivity index (χ0v) is 18.2. The second-order valence-electron chi connectivity index (χ2n) is 8.51. The Morgan fingerprint density at radius 1 is 0.688 bits per heavy atom. The van der Waals surface area contributed by atoms with E-state index in [0.29, 0.717) is 13.2 Å². The molecule has 160 valence electrons. The van der Waals surface area contributed by atoms with Crippen LogP contribution in [0.1, 0.15) is 25.1 Å². The summed E-state index contributed by atoms with van der Waals surface area (Å²) in [4.78, 5) is 0. The topological polar surface area (TPSA) is 27.3 Å². The van der Waals surface area contributed by atoms with Crippen LogP contribution >= 0.6 is 0 Å². The highest BCUT2D eigenvalue weighted by molar-refractivity contribution is 5.68. The second kappa shape index (κ2) is 8.19. The Bertz CT molecular complexity index is 1240. The van der Waals surface area contributed by atoms with E-state index >= 15 is 0 Å². The number of hydrogen-bond acceptors (Lipinski definition) is 2. The smallest absolute Gasteiger partial charge is 0.262 e. The van der Waals surface area contributed by atoms with E-state index in [9.17, 15) is 0 Å². The van der Waals surface area contributed by atoms with Crippen molar-refractivity contribution in [2.45, 2.75) is 32.2 Å². The minimum absolute atomic E-state index is 0.592. The SMILES string of the molecule is c1ccc(-c2ccc(-c3c[n+](-c4cccc5c4OCCO5)c4n3CCCCC4)cc2)cc1. The minimum atomic E-state index is 0.592. The molecule has 0 amide bonds. The molecular weight excluding hydrogens is 396 g/mol. The summed E-state index contributed by atoms with van der Waals surface area (Å²) in [6.45, 7) is 2.24. The van der Waals surface area contributed by atoms with Gasteiger partial charge in [0.2, 0.25) is 5.75 Å². The first-order chi connectivity index (χ1) is 15.9. The van der Waals surface area contributed by atoms with Crippen LogP contribution < -0.4 is 14.0 Å². The summed E-state index contributed by atoms with van der Waals surface area (Å²) in [5.41, 5.74) is 6.06. The van der Waals surface area contributed by atoms with Gasteiger partial charge in [-0.2, -0.15) is 4.57 Å². The average Bonchev–Trinajstić information content (AvgIpc) is 3.04. The molecule has 0 saturated heterocycles. The van der Waals surface area contributed by atoms with E-state index in [1.807, 2.05) is 6.07 Å². The summed E-state index contributed by atoms with van der Waals surface area (Å²) in [7, 11) is 0. The Morgan fingerprint density at radius 2 is 1.47 bits per heavy atom. The Labute approximate surface area is 188 Å². The van der Waals surface area contributed by atoms with E-state index in [2.05, 4.69) is 82.1 Å². The van der Waals surface area contributed by atoms with Gasteiger partial charge in [-0.1, -0.05) is 48.5 Å². The van der Waals surface area contributed by atoms with Crippen LogP contribution in [0.25, 0.3) is 28.1 Å². The molecule has 0 radical (unpaired) electrons. The van der Waals surface area contributed by atoms with Gasteiger partial charge in [0.15, 0.2) is 17.1 Å². The lowest BCUT2D eigenvalue weighted by molar-refractivity contribution is -0.604. The number of ether oxygens (including phenoxy) is 2. The number of aromatic nitrogens is 2. The molecule has 0 spiro atoms. The van der Waals surface area contributed by atoms with Crippen LogP contribution in [0.5, 0.6) is 11.5 Å². The van der Waals surface area contributed by atoms with Crippen molar-refractivity contribution < 1.29 is 14.0 Å². The fourth-order valence-corrected chi connectivity index (χ4v) is 4.92. The summed E-state index contributed by atoms with van der Waals surface area (Å²) in [6.07, 6.45) is 7.03. The highest BCUT2D eigenvalue weighted by atomic mass is 16.6. The molecule has 0 fully saturated rings. The number of benzene rings is 3. The van der Waals surface area contributed by atoms with Gasteiger partial charge in [0, 0.05) is 12.0 Å². The molecule has 0 atom stereocenters. The molecule has 0 unspecified atom stereocenters. The van der Waals surface area contributed by atoms with Gasteiger partial charge in [-0.05, 0) is 54.7 Å². The third-order valence-electron chi connectivity index (χ3n) is 6.51. The van der Waals surface area contributed by atoms with Crippen LogP contribution in [0, 0.1) is 0 Å². The monoisotopic (exact) mass is 423 g/mol. The molecule has 0 saturated carbocycles. The van der Waals surface area contributed by atoms with E-state index < -0.39 is 0 Å². The van der Waals surface area contributed by atoms with E-state index in [1.54, 1.807) is 0 Å². The van der Waals surface area contributed by atoms with Crippen molar-refractivity contribution in [2.75, 3.05) is 13.2 Å². The van der Waals surface area contributed by atoms with Crippen LogP contribution in [-0.2, 0) is 13.0 Å². The van der Waals surface area contributed by atoms with Crippen molar-refractivity contribution in [2.24, 2.45) is 0 Å². The molecule has 3 heterocycles. The molecule has 3 aromatic carbocycles. The summed E-state index contributed by atoms with van der Waals surface area (Å²) >= 11 is 0. The predicted molar refractivity (Wildman–Crippen MR) is 125 cm³/mol. The van der Waals surface area contributed by atoms with Gasteiger partial charge < -0.3 is 9.47 Å². The first-order valence-electron chi connectivity index (χ1n) is 11.6. The molecule has 2 aliphatic heterocycles. The van der Waals surface area contributed by atoms with E-state index in [-0.39, 0.29) is 0 Å². The maximum atomic E-state index is 6.06. The van der Waals surface area contributed by atoms with Crippen LogP contribution in [-0.4, -0.2) is 17.8 Å². The summed E-state index contributed by atoms with van der Waals surface area (Å²) in [5.74, 6) is 3.03. The molecular formula is C28H27N2O2+. The van der Waals surface area contributed by atoms with E-state index in [0.717, 1.165) is 30.2 Å². The van der Waals surface area contributed by atoms with Gasteiger partial charge in [-0.15, -0.1) is 0 Å². The lowest BCUT2D eigenvalue weighted by Gasteiger charge is -2.19. The largest absolute Gasteiger partial charge is 0.486 e. The van der Waals surface area contributed by atoms with Gasteiger partial charge in [-0.3, -0.25) is 0 Å². The molecule has 0 bridgehead atoms. The minimum Gasteiger partial charge on any atom is -0.486 e. The fraction of sp³-hybridized carbons (Fsp3) is 0.250. The van der Waals surface area contributed by atoms with E-state index in [4.69, 9.17) is 9.47 Å². The maximum absolute atomic E-state index is 6.06. The van der Waals surface area contributed by atoms with Gasteiger partial charge in [0.05, 0.1) is 6.54 Å². The van der Waals surface area contributed by atoms with Crippen molar-refractivity contribution in [1.82, 2.24) is 4.57 Å². The number of hydrogen-bond donors (Lipinski definition) is 0. The zero-order chi connectivity index (χ0) is 21.3. The summed E-state index contributed by atoms with van der Waals surface area (Å²) < 4.78 is 16.8. The Balaban J connectivity index is 1.46. The molecule has 4 heteroatoms. The molecule has 32 heavy (non-hydrogen) atoms. The van der Waals surface area contributed by atoms with Crippen LogP contribution in [0.4, 0.5) is 0 Å². The lowest BCUT2D eigenvalue weighted by Crippen LogP contribution is -2.35. The van der Waals surface area contributed by atoms with Crippen molar-refractivity contribution in [1.29, 1.82) is 0 Å². The normalized spacial score (nSPS) is 15.1. The predicted octanol–water partition coefficient (Wildman–Crippen LogP) is 5.60. The van der Waals surface area contributed by atoms with Crippen molar-refractivity contribution >= 4 is 0 Å². The van der Waals surface area contributed by atoms with Crippen molar-refractivity contribution in [3.05, 3.63) is 84.8 Å². The first kappa shape index (κ1) is 19.2. The van der Waals surface area contributed by atoms with Crippen LogP contribution in [0.3, 0.4) is 0 Å². The number of para-hydroxylation sites is 1. The van der Waals surface area contributed by atoms with Gasteiger partial charge in [0.25, 0.3) is 5.82 Å². The fourth-order valence-electron chi connectivity index (χ4n) is 4.92. The lowest BCUT2D eigenvalue weighted by atomic mass is 10.0. The highest BCUT2D eigenvalue weighted by Gasteiger charge is 2.30. The van der Waals surface area contributed by atoms with Crippen LogP contribution in [0.15, 0.2) is 79.0 Å². The van der Waals surface area contributed by atoms with Gasteiger partial charge in [0.1, 0.15) is 19.4 Å². The number of rotatable bonds is 3.